The van der Waals surface area contributed by atoms with Crippen LogP contribution in [-0.4, -0.2) is 34.1 Å². The van der Waals surface area contributed by atoms with Crippen LogP contribution in [0, 0.1) is 0 Å². The van der Waals surface area contributed by atoms with Gasteiger partial charge in [0.25, 0.3) is 5.91 Å². The molecule has 3 rings (SSSR count). The predicted octanol–water partition coefficient (Wildman–Crippen LogP) is 3.48. The summed E-state index contributed by atoms with van der Waals surface area (Å²) < 4.78 is 5.49. The van der Waals surface area contributed by atoms with Crippen molar-refractivity contribution in [3.8, 4) is 0 Å². The van der Waals surface area contributed by atoms with Gasteiger partial charge in [0.2, 0.25) is 11.8 Å². The summed E-state index contributed by atoms with van der Waals surface area (Å²) in [5.41, 5.74) is 0.619. The lowest BCUT2D eigenvalue weighted by atomic mass is 9.96. The minimum atomic E-state index is 0.00734. The van der Waals surface area contributed by atoms with Gasteiger partial charge >= 0.3 is 0 Å². The summed E-state index contributed by atoms with van der Waals surface area (Å²) in [6.07, 6.45) is 1.60. The molecule has 1 aliphatic rings. The third kappa shape index (κ3) is 3.25. The zero-order valence-electron chi connectivity index (χ0n) is 11.8. The molecule has 0 atom stereocenters. The molecule has 116 valence electrons. The largest absolute Gasteiger partial charge is 0.424 e. The van der Waals surface area contributed by atoms with Crippen molar-refractivity contribution in [2.75, 3.05) is 13.1 Å². The molecule has 1 saturated heterocycles. The summed E-state index contributed by atoms with van der Waals surface area (Å²) in [4.78, 5) is 14.3. The SMILES string of the molecule is O=C(c1cccc(Cl)c1)N1CCC(c2nnc(CCl)o2)CC1. The number of amides is 1. The molecule has 0 bridgehead atoms. The van der Waals surface area contributed by atoms with Gasteiger partial charge < -0.3 is 9.32 Å². The molecule has 1 amide bonds. The van der Waals surface area contributed by atoms with Crippen LogP contribution >= 0.6 is 23.2 Å². The number of piperidine rings is 1. The zero-order valence-corrected chi connectivity index (χ0v) is 13.3. The van der Waals surface area contributed by atoms with E-state index in [2.05, 4.69) is 10.2 Å². The molecule has 0 spiro atoms. The lowest BCUT2D eigenvalue weighted by Gasteiger charge is -2.30. The van der Waals surface area contributed by atoms with Gasteiger partial charge in [0.1, 0.15) is 5.88 Å². The first kappa shape index (κ1) is 15.3. The van der Waals surface area contributed by atoms with Crippen molar-refractivity contribution >= 4 is 29.1 Å². The van der Waals surface area contributed by atoms with Crippen LogP contribution in [0.3, 0.4) is 0 Å². The van der Waals surface area contributed by atoms with Gasteiger partial charge in [-0.15, -0.1) is 21.8 Å². The Hall–Kier alpha value is -1.59. The van der Waals surface area contributed by atoms with E-state index in [1.807, 2.05) is 4.90 Å². The summed E-state index contributed by atoms with van der Waals surface area (Å²) in [5, 5.41) is 8.48. The zero-order chi connectivity index (χ0) is 15.5. The topological polar surface area (TPSA) is 59.2 Å². The number of alkyl halides is 1. The van der Waals surface area contributed by atoms with E-state index in [-0.39, 0.29) is 17.7 Å². The Bertz CT molecular complexity index is 666. The number of likely N-dealkylation sites (tertiary alicyclic amines) is 1. The Balaban J connectivity index is 1.62. The number of rotatable bonds is 3. The van der Waals surface area contributed by atoms with Crippen molar-refractivity contribution in [1.82, 2.24) is 15.1 Å². The second-order valence-corrected chi connectivity index (χ2v) is 5.95. The smallest absolute Gasteiger partial charge is 0.253 e. The van der Waals surface area contributed by atoms with Crippen molar-refractivity contribution in [1.29, 1.82) is 0 Å². The minimum absolute atomic E-state index is 0.00734. The van der Waals surface area contributed by atoms with E-state index < -0.39 is 0 Å². The minimum Gasteiger partial charge on any atom is -0.424 e. The van der Waals surface area contributed by atoms with Crippen LogP contribution in [0.15, 0.2) is 28.7 Å². The number of benzene rings is 1. The van der Waals surface area contributed by atoms with Gasteiger partial charge in [0.05, 0.1) is 0 Å². The fraction of sp³-hybridized carbons (Fsp3) is 0.400. The maximum Gasteiger partial charge on any atom is 0.253 e. The van der Waals surface area contributed by atoms with E-state index in [0.29, 0.717) is 35.5 Å². The molecule has 22 heavy (non-hydrogen) atoms. The van der Waals surface area contributed by atoms with Gasteiger partial charge in [-0.2, -0.15) is 0 Å². The van der Waals surface area contributed by atoms with Gasteiger partial charge in [-0.3, -0.25) is 4.79 Å². The Morgan fingerprint density at radius 3 is 2.73 bits per heavy atom. The Kier molecular flexibility index (Phi) is 4.64. The van der Waals surface area contributed by atoms with Crippen LogP contribution in [0.1, 0.15) is 40.9 Å². The summed E-state index contributed by atoms with van der Waals surface area (Å²) in [5.74, 6) is 1.47. The first-order valence-electron chi connectivity index (χ1n) is 7.10. The van der Waals surface area contributed by atoms with Crippen molar-refractivity contribution in [2.45, 2.75) is 24.6 Å². The van der Waals surface area contributed by atoms with Crippen LogP contribution in [0.2, 0.25) is 5.02 Å². The molecule has 0 saturated carbocycles. The predicted molar refractivity (Wildman–Crippen MR) is 83.2 cm³/mol. The third-order valence-corrected chi connectivity index (χ3v) is 4.26. The van der Waals surface area contributed by atoms with Gasteiger partial charge in [-0.05, 0) is 31.0 Å². The summed E-state index contributed by atoms with van der Waals surface area (Å²) >= 11 is 11.6. The van der Waals surface area contributed by atoms with Gasteiger partial charge in [-0.25, -0.2) is 0 Å². The monoisotopic (exact) mass is 339 g/mol. The quantitative estimate of drug-likeness (QED) is 0.803. The van der Waals surface area contributed by atoms with Crippen LogP contribution in [0.25, 0.3) is 0 Å². The number of carbonyl (C=O) groups excluding carboxylic acids is 1. The maximum absolute atomic E-state index is 12.4. The molecule has 1 aromatic heterocycles. The highest BCUT2D eigenvalue weighted by molar-refractivity contribution is 6.30. The molecule has 1 fully saturated rings. The van der Waals surface area contributed by atoms with Crippen LogP contribution < -0.4 is 0 Å². The van der Waals surface area contributed by atoms with E-state index in [1.165, 1.54) is 0 Å². The molecule has 0 unspecified atom stereocenters. The molecule has 5 nitrogen and oxygen atoms in total. The average molecular weight is 340 g/mol. The maximum atomic E-state index is 12.4. The van der Waals surface area contributed by atoms with Crippen molar-refractivity contribution < 1.29 is 9.21 Å². The highest BCUT2D eigenvalue weighted by atomic mass is 35.5. The molecular weight excluding hydrogens is 325 g/mol. The Morgan fingerprint density at radius 2 is 2.09 bits per heavy atom. The van der Waals surface area contributed by atoms with Crippen molar-refractivity contribution in [2.24, 2.45) is 0 Å². The van der Waals surface area contributed by atoms with E-state index >= 15 is 0 Å². The number of hydrogen-bond acceptors (Lipinski definition) is 4. The van der Waals surface area contributed by atoms with Gasteiger partial charge in [-0.1, -0.05) is 17.7 Å². The van der Waals surface area contributed by atoms with Crippen molar-refractivity contribution in [3.63, 3.8) is 0 Å². The number of aromatic nitrogens is 2. The first-order valence-corrected chi connectivity index (χ1v) is 8.01. The average Bonchev–Trinajstić information content (AvgIpc) is 3.03. The Morgan fingerprint density at radius 1 is 1.32 bits per heavy atom. The van der Waals surface area contributed by atoms with Crippen LogP contribution in [-0.2, 0) is 5.88 Å². The summed E-state index contributed by atoms with van der Waals surface area (Å²) in [6, 6.07) is 7.02. The number of halogens is 2. The second kappa shape index (κ2) is 6.67. The van der Waals surface area contributed by atoms with E-state index in [9.17, 15) is 4.79 Å². The lowest BCUT2D eigenvalue weighted by molar-refractivity contribution is 0.0706. The van der Waals surface area contributed by atoms with Crippen LogP contribution in [0.4, 0.5) is 0 Å². The molecule has 1 aliphatic heterocycles. The van der Waals surface area contributed by atoms with Crippen LogP contribution in [0.5, 0.6) is 0 Å². The van der Waals surface area contributed by atoms with Crippen molar-refractivity contribution in [3.05, 3.63) is 46.6 Å². The number of nitrogens with zero attached hydrogens (tertiary/aromatic N) is 3. The Labute approximate surface area is 138 Å². The molecule has 2 heterocycles. The number of hydrogen-bond donors (Lipinski definition) is 0. The van der Waals surface area contributed by atoms with E-state index in [0.717, 1.165) is 12.8 Å². The molecule has 0 aliphatic carbocycles. The van der Waals surface area contributed by atoms with E-state index in [4.69, 9.17) is 27.6 Å². The lowest BCUT2D eigenvalue weighted by Crippen LogP contribution is -2.38. The molecular formula is C15H15Cl2N3O2. The van der Waals surface area contributed by atoms with Gasteiger partial charge in [0.15, 0.2) is 0 Å². The fourth-order valence-electron chi connectivity index (χ4n) is 2.62. The number of carbonyl (C=O) groups is 1. The first-order chi connectivity index (χ1) is 10.7. The fourth-order valence-corrected chi connectivity index (χ4v) is 2.92. The molecule has 0 N–H and O–H groups in total. The molecule has 7 heteroatoms. The highest BCUT2D eigenvalue weighted by Crippen LogP contribution is 2.28. The molecule has 0 radical (unpaired) electrons. The molecule has 2 aromatic rings. The second-order valence-electron chi connectivity index (χ2n) is 5.24. The highest BCUT2D eigenvalue weighted by Gasteiger charge is 2.27. The standard InChI is InChI=1S/C15H15Cl2N3O2/c16-9-13-18-19-14(22-13)10-4-6-20(7-5-10)15(21)11-2-1-3-12(17)8-11/h1-3,8,10H,4-7,9H2. The summed E-state index contributed by atoms with van der Waals surface area (Å²) in [6.45, 7) is 1.32. The van der Waals surface area contributed by atoms with Gasteiger partial charge in [0, 0.05) is 29.6 Å². The summed E-state index contributed by atoms with van der Waals surface area (Å²) in [7, 11) is 0. The normalized spacial score (nSPS) is 16.0. The third-order valence-electron chi connectivity index (χ3n) is 3.80. The van der Waals surface area contributed by atoms with E-state index in [1.54, 1.807) is 24.3 Å². The molecule has 1 aromatic carbocycles.